The number of hydrogen-bond acceptors (Lipinski definition) is 4. The SMILES string of the molecule is COC(=O)C(Nc1ccc(C#N)cc1Cl)c1ccccc1. The van der Waals surface area contributed by atoms with Gasteiger partial charge in [0, 0.05) is 0 Å². The van der Waals surface area contributed by atoms with E-state index in [-0.39, 0.29) is 0 Å². The van der Waals surface area contributed by atoms with Crippen LogP contribution in [0, 0.1) is 11.3 Å². The number of nitriles is 1. The van der Waals surface area contributed by atoms with Gasteiger partial charge in [0.05, 0.1) is 29.5 Å². The predicted octanol–water partition coefficient (Wildman–Crippen LogP) is 3.54. The molecule has 5 heteroatoms. The van der Waals surface area contributed by atoms with Crippen LogP contribution in [0.15, 0.2) is 48.5 Å². The monoisotopic (exact) mass is 300 g/mol. The number of nitrogens with zero attached hydrogens (tertiary/aromatic N) is 1. The number of anilines is 1. The van der Waals surface area contributed by atoms with E-state index in [1.807, 2.05) is 36.4 Å². The van der Waals surface area contributed by atoms with Gasteiger partial charge in [0.15, 0.2) is 6.04 Å². The third kappa shape index (κ3) is 3.53. The van der Waals surface area contributed by atoms with Crippen LogP contribution in [0.5, 0.6) is 0 Å². The summed E-state index contributed by atoms with van der Waals surface area (Å²) in [4.78, 5) is 12.0. The molecule has 1 unspecified atom stereocenters. The van der Waals surface area contributed by atoms with Crippen LogP contribution >= 0.6 is 11.6 Å². The fourth-order valence-electron chi connectivity index (χ4n) is 1.90. The number of rotatable bonds is 4. The molecule has 0 aliphatic carbocycles. The molecule has 0 fully saturated rings. The molecule has 0 aliphatic heterocycles. The van der Waals surface area contributed by atoms with Crippen molar-refractivity contribution in [1.29, 1.82) is 5.26 Å². The minimum Gasteiger partial charge on any atom is -0.467 e. The molecule has 0 heterocycles. The van der Waals surface area contributed by atoms with Gasteiger partial charge in [0.25, 0.3) is 0 Å². The molecule has 0 aliphatic rings. The minimum absolute atomic E-state index is 0.374. The van der Waals surface area contributed by atoms with Crippen molar-refractivity contribution in [2.24, 2.45) is 0 Å². The Morgan fingerprint density at radius 3 is 2.57 bits per heavy atom. The number of carbonyl (C=O) groups excluding carboxylic acids is 1. The molecule has 0 saturated carbocycles. The number of hydrogen-bond donors (Lipinski definition) is 1. The Bertz CT molecular complexity index is 680. The Kier molecular flexibility index (Phi) is 4.81. The van der Waals surface area contributed by atoms with E-state index in [9.17, 15) is 4.79 Å². The Morgan fingerprint density at radius 1 is 1.29 bits per heavy atom. The van der Waals surface area contributed by atoms with Gasteiger partial charge in [0.1, 0.15) is 0 Å². The standard InChI is InChI=1S/C16H13ClN2O2/c1-21-16(20)15(12-5-3-2-4-6-12)19-14-8-7-11(10-18)9-13(14)17/h2-9,15,19H,1H3. The predicted molar refractivity (Wildman–Crippen MR) is 81.0 cm³/mol. The molecule has 106 valence electrons. The second-order valence-corrected chi connectivity index (χ2v) is 4.72. The lowest BCUT2D eigenvalue weighted by Crippen LogP contribution is -2.22. The van der Waals surface area contributed by atoms with Crippen LogP contribution in [-0.2, 0) is 9.53 Å². The zero-order valence-electron chi connectivity index (χ0n) is 11.3. The van der Waals surface area contributed by atoms with Crippen LogP contribution in [0.1, 0.15) is 17.2 Å². The zero-order valence-corrected chi connectivity index (χ0v) is 12.1. The van der Waals surface area contributed by atoms with E-state index in [2.05, 4.69) is 5.32 Å². The third-order valence-corrected chi connectivity index (χ3v) is 3.28. The van der Waals surface area contributed by atoms with Gasteiger partial charge < -0.3 is 10.1 Å². The molecule has 2 rings (SSSR count). The fourth-order valence-corrected chi connectivity index (χ4v) is 2.13. The first-order chi connectivity index (χ1) is 10.2. The van der Waals surface area contributed by atoms with Crippen molar-refractivity contribution in [3.8, 4) is 6.07 Å². The largest absolute Gasteiger partial charge is 0.467 e. The maximum atomic E-state index is 12.0. The molecule has 0 spiro atoms. The van der Waals surface area contributed by atoms with Crippen molar-refractivity contribution in [1.82, 2.24) is 0 Å². The number of nitrogens with one attached hydrogen (secondary N) is 1. The van der Waals surface area contributed by atoms with Crippen molar-refractivity contribution >= 4 is 23.3 Å². The maximum absolute atomic E-state index is 12.0. The Hall–Kier alpha value is -2.51. The lowest BCUT2D eigenvalue weighted by atomic mass is 10.1. The molecular weight excluding hydrogens is 288 g/mol. The maximum Gasteiger partial charge on any atom is 0.332 e. The molecule has 4 nitrogen and oxygen atoms in total. The van der Waals surface area contributed by atoms with Gasteiger partial charge in [0.2, 0.25) is 0 Å². The Balaban J connectivity index is 2.32. The summed E-state index contributed by atoms with van der Waals surface area (Å²) in [6.45, 7) is 0. The number of ether oxygens (including phenoxy) is 1. The van der Waals surface area contributed by atoms with Crippen LogP contribution in [0.2, 0.25) is 5.02 Å². The van der Waals surface area contributed by atoms with Crippen molar-refractivity contribution in [3.05, 3.63) is 64.7 Å². The molecule has 1 N–H and O–H groups in total. The molecule has 0 aromatic heterocycles. The van der Waals surface area contributed by atoms with E-state index in [4.69, 9.17) is 21.6 Å². The van der Waals surface area contributed by atoms with Crippen LogP contribution in [0.4, 0.5) is 5.69 Å². The second-order valence-electron chi connectivity index (χ2n) is 4.32. The zero-order chi connectivity index (χ0) is 15.2. The minimum atomic E-state index is -0.665. The third-order valence-electron chi connectivity index (χ3n) is 2.97. The van der Waals surface area contributed by atoms with Gasteiger partial charge in [-0.2, -0.15) is 5.26 Å². The molecule has 21 heavy (non-hydrogen) atoms. The number of methoxy groups -OCH3 is 1. The summed E-state index contributed by atoms with van der Waals surface area (Å²) in [6.07, 6.45) is 0. The molecule has 2 aromatic carbocycles. The van der Waals surface area contributed by atoms with Crippen molar-refractivity contribution < 1.29 is 9.53 Å². The van der Waals surface area contributed by atoms with Gasteiger partial charge in [-0.1, -0.05) is 41.9 Å². The summed E-state index contributed by atoms with van der Waals surface area (Å²) in [7, 11) is 1.33. The number of benzene rings is 2. The van der Waals surface area contributed by atoms with Crippen molar-refractivity contribution in [3.63, 3.8) is 0 Å². The van der Waals surface area contributed by atoms with E-state index >= 15 is 0 Å². The van der Waals surface area contributed by atoms with E-state index in [1.165, 1.54) is 7.11 Å². The number of esters is 1. The van der Waals surface area contributed by atoms with Gasteiger partial charge in [-0.3, -0.25) is 0 Å². The summed E-state index contributed by atoms with van der Waals surface area (Å²) in [5, 5.41) is 12.3. The van der Waals surface area contributed by atoms with E-state index in [1.54, 1.807) is 18.2 Å². The molecule has 0 saturated heterocycles. The van der Waals surface area contributed by atoms with E-state index in [0.29, 0.717) is 16.3 Å². The normalized spacial score (nSPS) is 11.3. The molecule has 1 atom stereocenters. The highest BCUT2D eigenvalue weighted by Crippen LogP contribution is 2.27. The van der Waals surface area contributed by atoms with Gasteiger partial charge >= 0.3 is 5.97 Å². The smallest absolute Gasteiger partial charge is 0.332 e. The van der Waals surface area contributed by atoms with Crippen LogP contribution in [0.25, 0.3) is 0 Å². The van der Waals surface area contributed by atoms with Gasteiger partial charge in [-0.15, -0.1) is 0 Å². The summed E-state index contributed by atoms with van der Waals surface area (Å²) >= 11 is 6.12. The highest BCUT2D eigenvalue weighted by Gasteiger charge is 2.21. The van der Waals surface area contributed by atoms with Crippen molar-refractivity contribution in [2.45, 2.75) is 6.04 Å². The molecule has 0 amide bonds. The first kappa shape index (κ1) is 14.9. The molecular formula is C16H13ClN2O2. The summed E-state index contributed by atoms with van der Waals surface area (Å²) < 4.78 is 4.83. The van der Waals surface area contributed by atoms with Gasteiger partial charge in [-0.05, 0) is 23.8 Å². The van der Waals surface area contributed by atoms with Crippen molar-refractivity contribution in [2.75, 3.05) is 12.4 Å². The van der Waals surface area contributed by atoms with Gasteiger partial charge in [-0.25, -0.2) is 4.79 Å². The summed E-state index contributed by atoms with van der Waals surface area (Å²) in [5.41, 5.74) is 1.79. The molecule has 2 aromatic rings. The Labute approximate surface area is 127 Å². The summed E-state index contributed by atoms with van der Waals surface area (Å²) in [5.74, 6) is -0.415. The topological polar surface area (TPSA) is 62.1 Å². The highest BCUT2D eigenvalue weighted by molar-refractivity contribution is 6.33. The van der Waals surface area contributed by atoms with E-state index in [0.717, 1.165) is 5.56 Å². The Morgan fingerprint density at radius 2 is 2.00 bits per heavy atom. The average molecular weight is 301 g/mol. The van der Waals surface area contributed by atoms with Crippen LogP contribution < -0.4 is 5.32 Å². The first-order valence-electron chi connectivity index (χ1n) is 6.24. The lowest BCUT2D eigenvalue weighted by Gasteiger charge is -2.19. The first-order valence-corrected chi connectivity index (χ1v) is 6.62. The summed E-state index contributed by atoms with van der Waals surface area (Å²) in [6, 6.07) is 15.4. The fraction of sp³-hybridized carbons (Fsp3) is 0.125. The lowest BCUT2D eigenvalue weighted by molar-refractivity contribution is -0.141. The van der Waals surface area contributed by atoms with E-state index < -0.39 is 12.0 Å². The average Bonchev–Trinajstić information content (AvgIpc) is 2.53. The quantitative estimate of drug-likeness (QED) is 0.877. The molecule has 0 bridgehead atoms. The number of carbonyl (C=O) groups is 1. The van der Waals surface area contributed by atoms with Crippen LogP contribution in [0.3, 0.4) is 0 Å². The highest BCUT2D eigenvalue weighted by atomic mass is 35.5. The second kappa shape index (κ2) is 6.78. The molecule has 0 radical (unpaired) electrons. The van der Waals surface area contributed by atoms with Crippen LogP contribution in [-0.4, -0.2) is 13.1 Å². The number of halogens is 1.